The van der Waals surface area contributed by atoms with Gasteiger partial charge in [-0.25, -0.2) is 0 Å². The second-order valence-corrected chi connectivity index (χ2v) is 4.60. The van der Waals surface area contributed by atoms with Gasteiger partial charge in [0.25, 0.3) is 0 Å². The number of alkyl halides is 3. The second kappa shape index (κ2) is 6.63. The van der Waals surface area contributed by atoms with Crippen molar-refractivity contribution in [3.8, 4) is 5.75 Å². The monoisotopic (exact) mass is 296 g/mol. The first-order valence-electron chi connectivity index (χ1n) is 6.48. The van der Waals surface area contributed by atoms with Crippen LogP contribution < -0.4 is 4.74 Å². The van der Waals surface area contributed by atoms with Crippen molar-refractivity contribution in [2.24, 2.45) is 0 Å². The molecule has 0 aliphatic carbocycles. The third-order valence-corrected chi connectivity index (χ3v) is 3.02. The van der Waals surface area contributed by atoms with Crippen molar-refractivity contribution in [1.82, 2.24) is 0 Å². The molecule has 2 aromatic carbocycles. The van der Waals surface area contributed by atoms with Crippen molar-refractivity contribution in [1.29, 1.82) is 0 Å². The summed E-state index contributed by atoms with van der Waals surface area (Å²) in [6, 6.07) is 12.1. The molecule has 0 radical (unpaired) electrons. The Morgan fingerprint density at radius 3 is 2.29 bits per heavy atom. The fourth-order valence-electron chi connectivity index (χ4n) is 1.88. The maximum Gasteiger partial charge on any atom is 0.416 e. The van der Waals surface area contributed by atoms with Crippen molar-refractivity contribution < 1.29 is 23.0 Å². The SMILES string of the molecule is OCc1ccc(OCCc2cccc(C(F)(F)F)c2)cc1. The maximum absolute atomic E-state index is 12.6. The van der Waals surface area contributed by atoms with Crippen LogP contribution in [0, 0.1) is 0 Å². The minimum absolute atomic E-state index is 0.0372. The van der Waals surface area contributed by atoms with Crippen molar-refractivity contribution in [2.75, 3.05) is 6.61 Å². The fourth-order valence-corrected chi connectivity index (χ4v) is 1.88. The summed E-state index contributed by atoms with van der Waals surface area (Å²) in [4.78, 5) is 0. The normalized spacial score (nSPS) is 11.4. The highest BCUT2D eigenvalue weighted by Gasteiger charge is 2.30. The van der Waals surface area contributed by atoms with Crippen LogP contribution >= 0.6 is 0 Å². The molecule has 112 valence electrons. The zero-order valence-corrected chi connectivity index (χ0v) is 11.2. The van der Waals surface area contributed by atoms with E-state index in [1.165, 1.54) is 6.07 Å². The molecule has 2 aromatic rings. The summed E-state index contributed by atoms with van der Waals surface area (Å²) in [7, 11) is 0. The van der Waals surface area contributed by atoms with Gasteiger partial charge in [-0.05, 0) is 29.3 Å². The molecule has 0 spiro atoms. The standard InChI is InChI=1S/C16H15F3O2/c17-16(18,19)14-3-1-2-12(10-14)8-9-21-15-6-4-13(11-20)5-7-15/h1-7,10,20H,8-9,11H2. The smallest absolute Gasteiger partial charge is 0.416 e. The molecule has 0 aliphatic heterocycles. The Kier molecular flexibility index (Phi) is 4.85. The Labute approximate surface area is 120 Å². The molecular formula is C16H15F3O2. The van der Waals surface area contributed by atoms with E-state index in [0.717, 1.165) is 17.7 Å². The highest BCUT2D eigenvalue weighted by Crippen LogP contribution is 2.29. The van der Waals surface area contributed by atoms with Crippen molar-refractivity contribution in [2.45, 2.75) is 19.2 Å². The number of hydrogen-bond acceptors (Lipinski definition) is 2. The molecule has 0 saturated carbocycles. The molecule has 1 N–H and O–H groups in total. The van der Waals surface area contributed by atoms with Crippen LogP contribution in [0.2, 0.25) is 0 Å². The predicted molar refractivity (Wildman–Crippen MR) is 73.0 cm³/mol. The molecule has 0 atom stereocenters. The van der Waals surface area contributed by atoms with Gasteiger partial charge in [-0.1, -0.05) is 30.3 Å². The van der Waals surface area contributed by atoms with Crippen molar-refractivity contribution >= 4 is 0 Å². The molecule has 0 saturated heterocycles. The van der Waals surface area contributed by atoms with E-state index in [1.54, 1.807) is 30.3 Å². The molecule has 5 heteroatoms. The van der Waals surface area contributed by atoms with Crippen LogP contribution in [0.15, 0.2) is 48.5 Å². The van der Waals surface area contributed by atoms with E-state index >= 15 is 0 Å². The van der Waals surface area contributed by atoms with Gasteiger partial charge in [-0.2, -0.15) is 13.2 Å². The fraction of sp³-hybridized carbons (Fsp3) is 0.250. The summed E-state index contributed by atoms with van der Waals surface area (Å²) in [6.45, 7) is 0.254. The average Bonchev–Trinajstić information content (AvgIpc) is 2.47. The summed E-state index contributed by atoms with van der Waals surface area (Å²) in [5, 5.41) is 8.91. The van der Waals surface area contributed by atoms with Crippen LogP contribution in [0.4, 0.5) is 13.2 Å². The Morgan fingerprint density at radius 1 is 0.952 bits per heavy atom. The van der Waals surface area contributed by atoms with Gasteiger partial charge in [-0.3, -0.25) is 0 Å². The first-order valence-corrected chi connectivity index (χ1v) is 6.48. The Hall–Kier alpha value is -2.01. The van der Waals surface area contributed by atoms with Gasteiger partial charge in [0.2, 0.25) is 0 Å². The van der Waals surface area contributed by atoms with Gasteiger partial charge in [-0.15, -0.1) is 0 Å². The lowest BCUT2D eigenvalue weighted by Crippen LogP contribution is -2.07. The molecule has 2 nitrogen and oxygen atoms in total. The Morgan fingerprint density at radius 2 is 1.67 bits per heavy atom. The van der Waals surface area contributed by atoms with Gasteiger partial charge in [0.15, 0.2) is 0 Å². The highest BCUT2D eigenvalue weighted by molar-refractivity contribution is 5.28. The molecule has 0 amide bonds. The van der Waals surface area contributed by atoms with Gasteiger partial charge in [0.05, 0.1) is 18.8 Å². The van der Waals surface area contributed by atoms with Crippen molar-refractivity contribution in [3.05, 3.63) is 65.2 Å². The largest absolute Gasteiger partial charge is 0.493 e. The van der Waals surface area contributed by atoms with E-state index in [2.05, 4.69) is 0 Å². The Balaban J connectivity index is 1.91. The van der Waals surface area contributed by atoms with E-state index in [-0.39, 0.29) is 6.61 Å². The third-order valence-electron chi connectivity index (χ3n) is 3.02. The van der Waals surface area contributed by atoms with Crippen LogP contribution in [-0.2, 0) is 19.2 Å². The Bertz CT molecular complexity index is 577. The number of ether oxygens (including phenoxy) is 1. The number of aliphatic hydroxyl groups is 1. The van der Waals surface area contributed by atoms with E-state index in [4.69, 9.17) is 9.84 Å². The van der Waals surface area contributed by atoms with Crippen LogP contribution in [0.5, 0.6) is 5.75 Å². The molecule has 0 heterocycles. The highest BCUT2D eigenvalue weighted by atomic mass is 19.4. The maximum atomic E-state index is 12.6. The number of aliphatic hydroxyl groups excluding tert-OH is 1. The summed E-state index contributed by atoms with van der Waals surface area (Å²) in [6.07, 6.45) is -3.93. The van der Waals surface area contributed by atoms with Gasteiger partial charge >= 0.3 is 6.18 Å². The first kappa shape index (κ1) is 15.4. The number of benzene rings is 2. The average molecular weight is 296 g/mol. The quantitative estimate of drug-likeness (QED) is 0.909. The second-order valence-electron chi connectivity index (χ2n) is 4.60. The molecule has 0 aliphatic rings. The van der Waals surface area contributed by atoms with Crippen LogP contribution in [0.3, 0.4) is 0 Å². The van der Waals surface area contributed by atoms with E-state index < -0.39 is 11.7 Å². The number of halogens is 3. The van der Waals surface area contributed by atoms with Crippen molar-refractivity contribution in [3.63, 3.8) is 0 Å². The number of hydrogen-bond donors (Lipinski definition) is 1. The van der Waals surface area contributed by atoms with E-state index in [9.17, 15) is 13.2 Å². The topological polar surface area (TPSA) is 29.5 Å². The summed E-state index contributed by atoms with van der Waals surface area (Å²) in [5.74, 6) is 0.624. The minimum Gasteiger partial charge on any atom is -0.493 e. The van der Waals surface area contributed by atoms with Crippen LogP contribution in [0.1, 0.15) is 16.7 Å². The lowest BCUT2D eigenvalue weighted by Gasteiger charge is -2.10. The lowest BCUT2D eigenvalue weighted by atomic mass is 10.1. The van der Waals surface area contributed by atoms with Crippen LogP contribution in [0.25, 0.3) is 0 Å². The molecule has 0 bridgehead atoms. The summed E-state index contributed by atoms with van der Waals surface area (Å²) >= 11 is 0. The lowest BCUT2D eigenvalue weighted by molar-refractivity contribution is -0.137. The van der Waals surface area contributed by atoms with Gasteiger partial charge in [0, 0.05) is 6.42 Å². The van der Waals surface area contributed by atoms with Gasteiger partial charge in [0.1, 0.15) is 5.75 Å². The zero-order valence-electron chi connectivity index (χ0n) is 11.2. The minimum atomic E-state index is -4.32. The van der Waals surface area contributed by atoms with E-state index in [1.807, 2.05) is 0 Å². The molecule has 0 aromatic heterocycles. The van der Waals surface area contributed by atoms with Gasteiger partial charge < -0.3 is 9.84 Å². The zero-order chi connectivity index (χ0) is 15.3. The predicted octanol–water partition coefficient (Wildman–Crippen LogP) is 3.82. The molecule has 2 rings (SSSR count). The molecule has 21 heavy (non-hydrogen) atoms. The summed E-state index contributed by atoms with van der Waals surface area (Å²) in [5.41, 5.74) is 0.712. The van der Waals surface area contributed by atoms with E-state index in [0.29, 0.717) is 24.3 Å². The molecular weight excluding hydrogens is 281 g/mol. The third kappa shape index (κ3) is 4.49. The number of rotatable bonds is 5. The molecule has 0 fully saturated rings. The molecule has 0 unspecified atom stereocenters. The first-order chi connectivity index (χ1) is 9.99. The summed E-state index contributed by atoms with van der Waals surface area (Å²) < 4.78 is 43.2. The van der Waals surface area contributed by atoms with Crippen LogP contribution in [-0.4, -0.2) is 11.7 Å².